The first-order valence-electron chi connectivity index (χ1n) is 11.4. The summed E-state index contributed by atoms with van der Waals surface area (Å²) in [5.74, 6) is -1.23. The highest BCUT2D eigenvalue weighted by Crippen LogP contribution is 2.33. The molecule has 4 heterocycles. The van der Waals surface area contributed by atoms with Crippen LogP contribution < -0.4 is 10.3 Å². The highest BCUT2D eigenvalue weighted by Gasteiger charge is 2.32. The molecule has 4 rings (SSSR count). The minimum atomic E-state index is -4.59. The Hall–Kier alpha value is -4.03. The van der Waals surface area contributed by atoms with Crippen LogP contribution in [0.15, 0.2) is 52.4 Å². The molecule has 0 spiro atoms. The lowest BCUT2D eigenvalue weighted by Crippen LogP contribution is -2.26. The van der Waals surface area contributed by atoms with Crippen molar-refractivity contribution in [2.75, 3.05) is 6.61 Å². The van der Waals surface area contributed by atoms with Crippen LogP contribution in [0.3, 0.4) is 0 Å². The number of alkyl halides is 3. The van der Waals surface area contributed by atoms with E-state index in [1.54, 1.807) is 32.2 Å². The molecule has 8 nitrogen and oxygen atoms in total. The first-order chi connectivity index (χ1) is 18.4. The normalized spacial score (nSPS) is 11.4. The molecule has 0 amide bonds. The Morgan fingerprint density at radius 3 is 2.54 bits per heavy atom. The SMILES string of the molecule is CCOc1ncc(Cl)cc1-n1c(C=C(C)C)c(C(=O)O)cc(-c2nc(-c3ccc(C(F)(F)F)nc3)cs2)c1=O. The number of carboxylic acids is 1. The molecule has 4 aromatic rings. The maximum atomic E-state index is 14.0. The molecule has 0 radical (unpaired) electrons. The van der Waals surface area contributed by atoms with Crippen LogP contribution >= 0.6 is 22.9 Å². The largest absolute Gasteiger partial charge is 0.478 e. The summed E-state index contributed by atoms with van der Waals surface area (Å²) in [6.45, 7) is 5.45. The molecule has 0 aromatic carbocycles. The Morgan fingerprint density at radius 1 is 1.21 bits per heavy atom. The number of pyridine rings is 3. The third-order valence-electron chi connectivity index (χ3n) is 5.30. The van der Waals surface area contributed by atoms with E-state index < -0.39 is 23.4 Å². The number of allylic oxidation sites excluding steroid dienone is 1. The molecule has 4 aromatic heterocycles. The van der Waals surface area contributed by atoms with Crippen molar-refractivity contribution in [2.45, 2.75) is 26.9 Å². The second kappa shape index (κ2) is 11.0. The van der Waals surface area contributed by atoms with Crippen molar-refractivity contribution in [1.82, 2.24) is 19.5 Å². The fourth-order valence-electron chi connectivity index (χ4n) is 3.68. The molecule has 0 saturated carbocycles. The molecule has 0 aliphatic carbocycles. The van der Waals surface area contributed by atoms with E-state index >= 15 is 0 Å². The van der Waals surface area contributed by atoms with Gasteiger partial charge in [0.2, 0.25) is 5.88 Å². The average Bonchev–Trinajstić information content (AvgIpc) is 3.35. The van der Waals surface area contributed by atoms with Crippen LogP contribution in [0.4, 0.5) is 13.2 Å². The van der Waals surface area contributed by atoms with Crippen molar-refractivity contribution in [3.63, 3.8) is 0 Å². The quantitative estimate of drug-likeness (QED) is 0.264. The number of carbonyl (C=O) groups is 1. The standard InChI is InChI=1S/C26H20ClF3N4O4S/c1-4-38-22-20(8-15(27)11-32-22)34-19(7-13(2)3)16(25(36)37)9-17(24(34)35)23-33-18(12-39-23)14-5-6-21(31-10-14)26(28,29)30/h5-12H,4H2,1-3H3,(H,36,37). The first kappa shape index (κ1) is 28.0. The maximum Gasteiger partial charge on any atom is 0.433 e. The van der Waals surface area contributed by atoms with Crippen molar-refractivity contribution in [2.24, 2.45) is 0 Å². The summed E-state index contributed by atoms with van der Waals surface area (Å²) in [6, 6.07) is 4.72. The van der Waals surface area contributed by atoms with Gasteiger partial charge in [0.1, 0.15) is 16.4 Å². The number of thiazole rings is 1. The number of hydrogen-bond donors (Lipinski definition) is 1. The Balaban J connectivity index is 1.97. The Kier molecular flexibility index (Phi) is 7.89. The van der Waals surface area contributed by atoms with Crippen LogP contribution in [0.2, 0.25) is 5.02 Å². The predicted molar refractivity (Wildman–Crippen MR) is 142 cm³/mol. The van der Waals surface area contributed by atoms with Crippen molar-refractivity contribution in [3.8, 4) is 33.4 Å². The summed E-state index contributed by atoms with van der Waals surface area (Å²) in [5.41, 5.74) is -0.416. The number of hydrogen-bond acceptors (Lipinski definition) is 7. The monoisotopic (exact) mass is 576 g/mol. The van der Waals surface area contributed by atoms with Gasteiger partial charge in [-0.1, -0.05) is 17.2 Å². The Morgan fingerprint density at radius 2 is 1.95 bits per heavy atom. The molecular weight excluding hydrogens is 557 g/mol. The summed E-state index contributed by atoms with van der Waals surface area (Å²) in [6.07, 6.45) is -0.666. The van der Waals surface area contributed by atoms with E-state index in [0.717, 1.165) is 33.7 Å². The number of carboxylic acid groups (broad SMARTS) is 1. The lowest BCUT2D eigenvalue weighted by atomic mass is 10.1. The van der Waals surface area contributed by atoms with Gasteiger partial charge < -0.3 is 9.84 Å². The molecule has 0 fully saturated rings. The zero-order chi connectivity index (χ0) is 28.5. The Bertz CT molecular complexity index is 1640. The Labute approximate surface area is 229 Å². The van der Waals surface area contributed by atoms with E-state index in [0.29, 0.717) is 5.56 Å². The topological polar surface area (TPSA) is 107 Å². The van der Waals surface area contributed by atoms with Gasteiger partial charge in [0, 0.05) is 23.3 Å². The molecule has 39 heavy (non-hydrogen) atoms. The molecule has 0 atom stereocenters. The third-order valence-corrected chi connectivity index (χ3v) is 6.38. The summed E-state index contributed by atoms with van der Waals surface area (Å²) >= 11 is 7.22. The third kappa shape index (κ3) is 5.86. The molecule has 202 valence electrons. The molecule has 0 aliphatic heterocycles. The number of rotatable bonds is 7. The van der Waals surface area contributed by atoms with Crippen LogP contribution in [0.5, 0.6) is 5.88 Å². The summed E-state index contributed by atoms with van der Waals surface area (Å²) < 4.78 is 45.5. The number of aromatic carboxylic acids is 1. The van der Waals surface area contributed by atoms with Gasteiger partial charge >= 0.3 is 12.1 Å². The minimum absolute atomic E-state index is 0.0446. The lowest BCUT2D eigenvalue weighted by Gasteiger charge is -2.17. The summed E-state index contributed by atoms with van der Waals surface area (Å²) in [5, 5.41) is 12.0. The molecule has 1 N–H and O–H groups in total. The summed E-state index contributed by atoms with van der Waals surface area (Å²) in [7, 11) is 0. The van der Waals surface area contributed by atoms with Gasteiger partial charge in [0.15, 0.2) is 0 Å². The molecule has 0 aliphatic rings. The molecule has 0 bridgehead atoms. The van der Waals surface area contributed by atoms with Crippen molar-refractivity contribution in [1.29, 1.82) is 0 Å². The highest BCUT2D eigenvalue weighted by molar-refractivity contribution is 7.13. The van der Waals surface area contributed by atoms with E-state index in [1.165, 1.54) is 24.4 Å². The summed E-state index contributed by atoms with van der Waals surface area (Å²) in [4.78, 5) is 38.3. The number of ether oxygens (including phenoxy) is 1. The van der Waals surface area contributed by atoms with Crippen LogP contribution in [0.25, 0.3) is 33.6 Å². The number of nitrogens with zero attached hydrogens (tertiary/aromatic N) is 4. The van der Waals surface area contributed by atoms with Crippen LogP contribution in [0.1, 0.15) is 42.5 Å². The second-order valence-corrected chi connectivity index (χ2v) is 9.70. The zero-order valence-corrected chi connectivity index (χ0v) is 22.3. The van der Waals surface area contributed by atoms with E-state index in [4.69, 9.17) is 16.3 Å². The van der Waals surface area contributed by atoms with Gasteiger partial charge in [-0.05, 0) is 51.1 Å². The van der Waals surface area contributed by atoms with Crippen molar-refractivity contribution in [3.05, 3.63) is 79.9 Å². The maximum absolute atomic E-state index is 14.0. The zero-order valence-electron chi connectivity index (χ0n) is 20.7. The first-order valence-corrected chi connectivity index (χ1v) is 12.6. The minimum Gasteiger partial charge on any atom is -0.478 e. The van der Waals surface area contributed by atoms with Gasteiger partial charge in [0.05, 0.1) is 34.1 Å². The smallest absolute Gasteiger partial charge is 0.433 e. The van der Waals surface area contributed by atoms with E-state index in [1.807, 2.05) is 0 Å². The van der Waals surface area contributed by atoms with Gasteiger partial charge in [-0.2, -0.15) is 13.2 Å². The fraction of sp³-hybridized carbons (Fsp3) is 0.192. The average molecular weight is 577 g/mol. The van der Waals surface area contributed by atoms with Crippen LogP contribution in [0, 0.1) is 0 Å². The van der Waals surface area contributed by atoms with Crippen molar-refractivity contribution >= 4 is 35.0 Å². The predicted octanol–water partition coefficient (Wildman–Crippen LogP) is 6.61. The van der Waals surface area contributed by atoms with Gasteiger partial charge in [-0.3, -0.25) is 14.3 Å². The number of aromatic nitrogens is 4. The van der Waals surface area contributed by atoms with Gasteiger partial charge in [-0.25, -0.2) is 14.8 Å². The van der Waals surface area contributed by atoms with E-state index in [2.05, 4.69) is 15.0 Å². The van der Waals surface area contributed by atoms with Gasteiger partial charge in [-0.15, -0.1) is 11.3 Å². The van der Waals surface area contributed by atoms with E-state index in [-0.39, 0.29) is 50.7 Å². The van der Waals surface area contributed by atoms with Crippen LogP contribution in [-0.2, 0) is 6.18 Å². The molecule has 0 saturated heterocycles. The van der Waals surface area contributed by atoms with E-state index in [9.17, 15) is 27.9 Å². The fourth-order valence-corrected chi connectivity index (χ4v) is 4.67. The highest BCUT2D eigenvalue weighted by atomic mass is 35.5. The van der Waals surface area contributed by atoms with Crippen molar-refractivity contribution < 1.29 is 27.8 Å². The lowest BCUT2D eigenvalue weighted by molar-refractivity contribution is -0.141. The van der Waals surface area contributed by atoms with Crippen LogP contribution in [-0.4, -0.2) is 37.2 Å². The van der Waals surface area contributed by atoms with Gasteiger partial charge in [0.25, 0.3) is 5.56 Å². The molecular formula is C26H20ClF3N4O4S. The molecule has 0 unspecified atom stereocenters. The second-order valence-electron chi connectivity index (χ2n) is 8.40. The molecule has 13 heteroatoms. The number of halogens is 4.